The Bertz CT molecular complexity index is 1160. The number of carbonyl (C=O) groups is 2. The van der Waals surface area contributed by atoms with E-state index >= 15 is 0 Å². The molecule has 2 heterocycles. The summed E-state index contributed by atoms with van der Waals surface area (Å²) >= 11 is 0. The molecule has 2 atom stereocenters. The van der Waals surface area contributed by atoms with Crippen LogP contribution in [0.25, 0.3) is 0 Å². The Morgan fingerprint density at radius 2 is 0.880 bits per heavy atom. The van der Waals surface area contributed by atoms with Crippen molar-refractivity contribution in [1.29, 1.82) is 0 Å². The molecule has 0 aliphatic carbocycles. The van der Waals surface area contributed by atoms with E-state index in [2.05, 4.69) is 27.9 Å². The molecule has 2 unspecified atom stereocenters. The number of nitrogens with zero attached hydrogens (tertiary/aromatic N) is 2. The molecule has 0 amide bonds. The molecule has 2 fully saturated rings. The molecule has 278 valence electrons. The lowest BCUT2D eigenvalue weighted by Gasteiger charge is -2.38. The van der Waals surface area contributed by atoms with Crippen molar-refractivity contribution in [2.75, 3.05) is 66.6 Å². The minimum absolute atomic E-state index is 0.127. The summed E-state index contributed by atoms with van der Waals surface area (Å²) in [5, 5.41) is 0. The minimum atomic E-state index is -0.127. The van der Waals surface area contributed by atoms with Gasteiger partial charge in [-0.25, -0.2) is 0 Å². The number of likely N-dealkylation sites (tertiary alicyclic amines) is 2. The summed E-state index contributed by atoms with van der Waals surface area (Å²) in [5.41, 5.74) is 1.53. The predicted molar refractivity (Wildman–Crippen MR) is 206 cm³/mol. The third kappa shape index (κ3) is 13.1. The zero-order valence-electron chi connectivity index (χ0n) is 32.3. The number of ether oxygens (including phenoxy) is 2. The number of ketones is 2. The van der Waals surface area contributed by atoms with E-state index in [1.165, 1.54) is 64.2 Å². The van der Waals surface area contributed by atoms with Crippen molar-refractivity contribution in [2.24, 2.45) is 11.8 Å². The van der Waals surface area contributed by atoms with E-state index in [9.17, 15) is 9.59 Å². The van der Waals surface area contributed by atoms with Crippen molar-refractivity contribution in [1.82, 2.24) is 0 Å². The maximum atomic E-state index is 14.4. The first-order chi connectivity index (χ1) is 24.2. The number of hydrogen-bond donors (Lipinski definition) is 0. The molecule has 6 heteroatoms. The highest BCUT2D eigenvalue weighted by Gasteiger charge is 2.36. The SMILES string of the molecule is CCCCCOc1ccc(C(=O)C(CCC(C[N+]2(C)CCCCCC2)C(=O)c2ccc(OCCCCC)cc2)C[N+]2(C)CCCCCC2)cc1. The van der Waals surface area contributed by atoms with Gasteiger partial charge in [0, 0.05) is 11.1 Å². The maximum Gasteiger partial charge on any atom is 0.171 e. The van der Waals surface area contributed by atoms with Crippen molar-refractivity contribution < 1.29 is 28.0 Å². The van der Waals surface area contributed by atoms with E-state index in [-0.39, 0.29) is 23.4 Å². The van der Waals surface area contributed by atoms with Gasteiger partial charge in [0.15, 0.2) is 11.6 Å². The van der Waals surface area contributed by atoms with Crippen molar-refractivity contribution in [3.8, 4) is 11.5 Å². The zero-order valence-corrected chi connectivity index (χ0v) is 32.3. The number of unbranched alkanes of at least 4 members (excludes halogenated alkanes) is 4. The third-order valence-corrected chi connectivity index (χ3v) is 11.5. The van der Waals surface area contributed by atoms with Crippen LogP contribution in [-0.4, -0.2) is 87.1 Å². The fourth-order valence-corrected chi connectivity index (χ4v) is 8.33. The summed E-state index contributed by atoms with van der Waals surface area (Å²) in [7, 11) is 4.72. The Hall–Kier alpha value is -2.70. The number of quaternary nitrogens is 2. The molecule has 2 saturated heterocycles. The van der Waals surface area contributed by atoms with Gasteiger partial charge in [0.1, 0.15) is 11.5 Å². The van der Waals surface area contributed by atoms with Crippen LogP contribution < -0.4 is 9.47 Å². The first kappa shape index (κ1) is 40.1. The summed E-state index contributed by atoms with van der Waals surface area (Å²) in [6.45, 7) is 12.0. The number of Topliss-reactive ketones (excluding diaryl/α,β-unsaturated/α-hetero) is 2. The monoisotopic (exact) mass is 691 g/mol. The summed E-state index contributed by atoms with van der Waals surface area (Å²) in [5.74, 6) is 1.85. The van der Waals surface area contributed by atoms with Crippen LogP contribution in [0.2, 0.25) is 0 Å². The highest BCUT2D eigenvalue weighted by atomic mass is 16.5. The van der Waals surface area contributed by atoms with E-state index in [4.69, 9.17) is 9.47 Å². The van der Waals surface area contributed by atoms with Gasteiger partial charge in [-0.2, -0.15) is 0 Å². The van der Waals surface area contributed by atoms with Gasteiger partial charge in [-0.15, -0.1) is 0 Å². The Labute approximate surface area is 305 Å². The number of rotatable bonds is 21. The molecule has 0 spiro atoms. The fourth-order valence-electron chi connectivity index (χ4n) is 8.33. The van der Waals surface area contributed by atoms with Gasteiger partial charge in [0.25, 0.3) is 0 Å². The molecule has 2 aliphatic heterocycles. The van der Waals surface area contributed by atoms with Crippen LogP contribution in [0.4, 0.5) is 0 Å². The van der Waals surface area contributed by atoms with Gasteiger partial charge in [-0.05, 0) is 126 Å². The smallest absolute Gasteiger partial charge is 0.171 e. The first-order valence-electron chi connectivity index (χ1n) is 20.5. The Morgan fingerprint density at radius 1 is 0.540 bits per heavy atom. The van der Waals surface area contributed by atoms with E-state index in [1.807, 2.05) is 48.5 Å². The second-order valence-corrected chi connectivity index (χ2v) is 16.2. The molecule has 4 rings (SSSR count). The van der Waals surface area contributed by atoms with Gasteiger partial charge in [0.2, 0.25) is 0 Å². The van der Waals surface area contributed by atoms with Crippen molar-refractivity contribution in [3.63, 3.8) is 0 Å². The molecular weight excluding hydrogens is 620 g/mol. The molecule has 2 aromatic rings. The normalized spacial score (nSPS) is 18.7. The molecule has 6 nitrogen and oxygen atoms in total. The van der Waals surface area contributed by atoms with Crippen molar-refractivity contribution in [3.05, 3.63) is 59.7 Å². The number of hydrogen-bond acceptors (Lipinski definition) is 4. The van der Waals surface area contributed by atoms with Gasteiger partial charge in [-0.1, -0.05) is 39.5 Å². The minimum Gasteiger partial charge on any atom is -0.494 e. The molecule has 0 aromatic heterocycles. The van der Waals surface area contributed by atoms with Gasteiger partial charge >= 0.3 is 0 Å². The standard InChI is InChI=1S/C44H70N2O4/c1-5-7-17-33-49-41-25-21-37(22-26-41)43(47)39(35-45(3)29-13-9-10-14-30-45)19-20-40(36-46(4)31-15-11-12-16-32-46)44(48)38-23-27-42(28-24-38)50-34-18-8-6-2/h21-28,39-40H,5-20,29-36H2,1-4H3/q+2. The quantitative estimate of drug-likeness (QED) is 0.0744. The molecule has 0 bridgehead atoms. The molecular formula is C44H70N2O4+2. The lowest BCUT2D eigenvalue weighted by Crippen LogP contribution is -2.50. The molecule has 0 radical (unpaired) electrons. The van der Waals surface area contributed by atoms with Gasteiger partial charge < -0.3 is 18.4 Å². The van der Waals surface area contributed by atoms with E-state index in [0.29, 0.717) is 13.2 Å². The summed E-state index contributed by atoms with van der Waals surface area (Å²) in [4.78, 5) is 28.8. The predicted octanol–water partition coefficient (Wildman–Crippen LogP) is 9.94. The fraction of sp³-hybridized carbons (Fsp3) is 0.682. The maximum absolute atomic E-state index is 14.4. The summed E-state index contributed by atoms with van der Waals surface area (Å²) in [6, 6.07) is 15.7. The van der Waals surface area contributed by atoms with E-state index in [0.717, 1.165) is 109 Å². The largest absolute Gasteiger partial charge is 0.494 e. The summed E-state index contributed by atoms with van der Waals surface area (Å²) in [6.07, 6.45) is 18.2. The number of benzene rings is 2. The average molecular weight is 691 g/mol. The van der Waals surface area contributed by atoms with Crippen molar-refractivity contribution >= 4 is 11.6 Å². The van der Waals surface area contributed by atoms with Gasteiger partial charge in [-0.3, -0.25) is 9.59 Å². The van der Waals surface area contributed by atoms with Crippen molar-refractivity contribution in [2.45, 2.75) is 117 Å². The van der Waals surface area contributed by atoms with Gasteiger partial charge in [0.05, 0.1) is 78.4 Å². The highest BCUT2D eigenvalue weighted by Crippen LogP contribution is 2.29. The summed E-state index contributed by atoms with van der Waals surface area (Å²) < 4.78 is 13.8. The third-order valence-electron chi connectivity index (χ3n) is 11.5. The molecule has 0 N–H and O–H groups in total. The Balaban J connectivity index is 1.54. The average Bonchev–Trinajstić information content (AvgIpc) is 3.49. The van der Waals surface area contributed by atoms with Crippen LogP contribution in [0.1, 0.15) is 137 Å². The van der Waals surface area contributed by atoms with Crippen LogP contribution in [0.5, 0.6) is 11.5 Å². The van der Waals surface area contributed by atoms with E-state index < -0.39 is 0 Å². The first-order valence-corrected chi connectivity index (χ1v) is 20.5. The van der Waals surface area contributed by atoms with Crippen LogP contribution in [0, 0.1) is 11.8 Å². The molecule has 2 aliphatic rings. The second kappa shape index (κ2) is 21.0. The number of carbonyl (C=O) groups excluding carboxylic acids is 2. The lowest BCUT2D eigenvalue weighted by molar-refractivity contribution is -0.911. The van der Waals surface area contributed by atoms with Crippen LogP contribution in [-0.2, 0) is 0 Å². The molecule has 2 aromatic carbocycles. The topological polar surface area (TPSA) is 52.6 Å². The van der Waals surface area contributed by atoms with Crippen LogP contribution in [0.15, 0.2) is 48.5 Å². The second-order valence-electron chi connectivity index (χ2n) is 16.2. The zero-order chi connectivity index (χ0) is 35.7. The van der Waals surface area contributed by atoms with E-state index in [1.54, 1.807) is 0 Å². The Morgan fingerprint density at radius 3 is 1.20 bits per heavy atom. The van der Waals surface area contributed by atoms with Crippen LogP contribution in [0.3, 0.4) is 0 Å². The highest BCUT2D eigenvalue weighted by molar-refractivity contribution is 5.99. The molecule has 50 heavy (non-hydrogen) atoms. The lowest BCUT2D eigenvalue weighted by atomic mass is 9.85. The molecule has 0 saturated carbocycles. The van der Waals surface area contributed by atoms with Crippen LogP contribution >= 0.6 is 0 Å². The Kier molecular flexibility index (Phi) is 16.8.